The Hall–Kier alpha value is -0.890. The van der Waals surface area contributed by atoms with E-state index < -0.39 is 5.60 Å². The Morgan fingerprint density at radius 1 is 1.35 bits per heavy atom. The molecule has 17 heavy (non-hydrogen) atoms. The zero-order valence-corrected chi connectivity index (χ0v) is 10.7. The minimum atomic E-state index is -0.511. The Balaban J connectivity index is 1.92. The molecule has 2 unspecified atom stereocenters. The molecule has 0 aromatic carbocycles. The third kappa shape index (κ3) is 1.79. The van der Waals surface area contributed by atoms with Crippen molar-refractivity contribution in [2.75, 3.05) is 0 Å². The van der Waals surface area contributed by atoms with Crippen LogP contribution >= 0.6 is 0 Å². The van der Waals surface area contributed by atoms with Crippen molar-refractivity contribution in [3.8, 4) is 0 Å². The van der Waals surface area contributed by atoms with Gasteiger partial charge in [-0.1, -0.05) is 19.9 Å². The summed E-state index contributed by atoms with van der Waals surface area (Å²) in [7, 11) is 0. The molecule has 3 rings (SSSR count). The van der Waals surface area contributed by atoms with Gasteiger partial charge < -0.3 is 5.11 Å². The van der Waals surface area contributed by atoms with Crippen LogP contribution in [0.4, 0.5) is 0 Å². The van der Waals surface area contributed by atoms with Gasteiger partial charge in [-0.15, -0.1) is 0 Å². The van der Waals surface area contributed by atoms with Crippen molar-refractivity contribution in [3.05, 3.63) is 29.6 Å². The summed E-state index contributed by atoms with van der Waals surface area (Å²) in [5, 5.41) is 10.9. The van der Waals surface area contributed by atoms with Crippen molar-refractivity contribution in [1.82, 2.24) is 4.98 Å². The zero-order valence-electron chi connectivity index (χ0n) is 10.7. The minimum absolute atomic E-state index is 0.264. The van der Waals surface area contributed by atoms with E-state index >= 15 is 0 Å². The van der Waals surface area contributed by atoms with Crippen molar-refractivity contribution < 1.29 is 5.11 Å². The Bertz CT molecular complexity index is 440. The van der Waals surface area contributed by atoms with Gasteiger partial charge in [0.15, 0.2) is 0 Å². The van der Waals surface area contributed by atoms with Crippen LogP contribution in [0.3, 0.4) is 0 Å². The highest BCUT2D eigenvalue weighted by Crippen LogP contribution is 2.52. The van der Waals surface area contributed by atoms with Crippen LogP contribution < -0.4 is 0 Å². The van der Waals surface area contributed by atoms with Crippen LogP contribution in [0.5, 0.6) is 0 Å². The molecule has 2 aliphatic rings. The van der Waals surface area contributed by atoms with Gasteiger partial charge in [-0.05, 0) is 49.1 Å². The molecule has 0 amide bonds. The molecular weight excluding hydrogens is 210 g/mol. The summed E-state index contributed by atoms with van der Waals surface area (Å²) in [5.74, 6) is 0.264. The fourth-order valence-corrected chi connectivity index (χ4v) is 3.79. The van der Waals surface area contributed by atoms with E-state index in [9.17, 15) is 5.11 Å². The maximum absolute atomic E-state index is 10.9. The van der Waals surface area contributed by atoms with Gasteiger partial charge in [-0.25, -0.2) is 0 Å². The molecule has 0 saturated heterocycles. The topological polar surface area (TPSA) is 33.1 Å². The fourth-order valence-electron chi connectivity index (χ4n) is 3.79. The molecule has 2 atom stereocenters. The van der Waals surface area contributed by atoms with E-state index in [4.69, 9.17) is 0 Å². The summed E-state index contributed by atoms with van der Waals surface area (Å²) in [6.45, 7) is 4.53. The van der Waals surface area contributed by atoms with Crippen molar-refractivity contribution in [1.29, 1.82) is 0 Å². The number of rotatable bonds is 1. The predicted octanol–water partition coefficient (Wildman–Crippen LogP) is 3.05. The van der Waals surface area contributed by atoms with Crippen LogP contribution in [0.15, 0.2) is 18.3 Å². The molecule has 1 aromatic rings. The molecule has 2 nitrogen and oxygen atoms in total. The molecule has 92 valence electrons. The van der Waals surface area contributed by atoms with Crippen LogP contribution in [-0.4, -0.2) is 15.7 Å². The molecule has 0 aliphatic heterocycles. The van der Waals surface area contributed by atoms with E-state index in [1.807, 2.05) is 12.3 Å². The lowest BCUT2D eigenvalue weighted by Crippen LogP contribution is -2.33. The first-order valence-electron chi connectivity index (χ1n) is 6.66. The first-order chi connectivity index (χ1) is 8.00. The fraction of sp³-hybridized carbons (Fsp3) is 0.667. The third-order valence-corrected chi connectivity index (χ3v) is 4.63. The molecular formula is C15H21NO. The van der Waals surface area contributed by atoms with Gasteiger partial charge in [-0.2, -0.15) is 0 Å². The van der Waals surface area contributed by atoms with Crippen molar-refractivity contribution >= 4 is 0 Å². The highest BCUT2D eigenvalue weighted by Gasteiger charge is 2.49. The maximum atomic E-state index is 10.9. The van der Waals surface area contributed by atoms with E-state index in [0.29, 0.717) is 0 Å². The lowest BCUT2D eigenvalue weighted by atomic mass is 9.80. The highest BCUT2D eigenvalue weighted by atomic mass is 16.3. The summed E-state index contributed by atoms with van der Waals surface area (Å²) in [6, 6.07) is 4.16. The van der Waals surface area contributed by atoms with Gasteiger partial charge >= 0.3 is 0 Å². The molecule has 0 bridgehead atoms. The Kier molecular flexibility index (Phi) is 2.34. The van der Waals surface area contributed by atoms with E-state index in [-0.39, 0.29) is 11.3 Å². The van der Waals surface area contributed by atoms with Crippen molar-refractivity contribution in [2.24, 2.45) is 5.41 Å². The Morgan fingerprint density at radius 2 is 2.18 bits per heavy atom. The first-order valence-corrected chi connectivity index (χ1v) is 6.66. The molecule has 1 fully saturated rings. The average molecular weight is 231 g/mol. The van der Waals surface area contributed by atoms with Crippen LogP contribution in [-0.2, 0) is 6.42 Å². The molecule has 2 heteroatoms. The van der Waals surface area contributed by atoms with Gasteiger partial charge in [-0.3, -0.25) is 4.98 Å². The summed E-state index contributed by atoms with van der Waals surface area (Å²) in [4.78, 5) is 4.52. The van der Waals surface area contributed by atoms with E-state index in [1.54, 1.807) is 0 Å². The second-order valence-electron chi connectivity index (χ2n) is 6.58. The SMILES string of the molecule is CC1(C)CCC(O)(C2CCc3cccnc32)C1. The van der Waals surface area contributed by atoms with E-state index in [0.717, 1.165) is 37.8 Å². The number of aryl methyl sites for hydroxylation is 1. The Morgan fingerprint density at radius 3 is 2.88 bits per heavy atom. The highest BCUT2D eigenvalue weighted by molar-refractivity contribution is 5.31. The van der Waals surface area contributed by atoms with Gasteiger partial charge in [0.25, 0.3) is 0 Å². The van der Waals surface area contributed by atoms with Crippen LogP contribution in [0.25, 0.3) is 0 Å². The van der Waals surface area contributed by atoms with Gasteiger partial charge in [0.1, 0.15) is 0 Å². The zero-order chi connectivity index (χ0) is 12.1. The number of hydrogen-bond acceptors (Lipinski definition) is 2. The minimum Gasteiger partial charge on any atom is -0.389 e. The van der Waals surface area contributed by atoms with Crippen molar-refractivity contribution in [2.45, 2.75) is 57.5 Å². The summed E-state index contributed by atoms with van der Waals surface area (Å²) in [6.07, 6.45) is 6.99. The molecule has 0 spiro atoms. The number of fused-ring (bicyclic) bond motifs is 1. The lowest BCUT2D eigenvalue weighted by molar-refractivity contribution is 0.00870. The molecule has 1 heterocycles. The summed E-state index contributed by atoms with van der Waals surface area (Å²) >= 11 is 0. The number of nitrogens with zero attached hydrogens (tertiary/aromatic N) is 1. The van der Waals surface area contributed by atoms with Crippen LogP contribution in [0.1, 0.15) is 56.7 Å². The Labute approximate surface area is 103 Å². The van der Waals surface area contributed by atoms with Gasteiger partial charge in [0.05, 0.1) is 5.60 Å². The smallest absolute Gasteiger partial charge is 0.0736 e. The van der Waals surface area contributed by atoms with E-state index in [1.165, 1.54) is 5.56 Å². The second kappa shape index (κ2) is 3.55. The number of aliphatic hydroxyl groups is 1. The van der Waals surface area contributed by atoms with Gasteiger partial charge in [0, 0.05) is 17.8 Å². The molecule has 1 aromatic heterocycles. The number of aromatic nitrogens is 1. The lowest BCUT2D eigenvalue weighted by Gasteiger charge is -2.31. The van der Waals surface area contributed by atoms with Crippen LogP contribution in [0.2, 0.25) is 0 Å². The molecule has 1 N–H and O–H groups in total. The summed E-state index contributed by atoms with van der Waals surface area (Å²) < 4.78 is 0. The molecule has 0 radical (unpaired) electrons. The average Bonchev–Trinajstić information content (AvgIpc) is 2.81. The summed E-state index contributed by atoms with van der Waals surface area (Å²) in [5.41, 5.74) is 2.28. The standard InChI is InChI=1S/C15H21NO/c1-14(2)7-8-15(17,10-14)12-6-5-11-4-3-9-16-13(11)12/h3-4,9,12,17H,5-8,10H2,1-2H3. The molecule has 1 saturated carbocycles. The van der Waals surface area contributed by atoms with Crippen molar-refractivity contribution in [3.63, 3.8) is 0 Å². The quantitative estimate of drug-likeness (QED) is 0.806. The predicted molar refractivity (Wildman–Crippen MR) is 67.9 cm³/mol. The molecule has 2 aliphatic carbocycles. The van der Waals surface area contributed by atoms with Crippen LogP contribution in [0, 0.1) is 5.41 Å². The number of pyridine rings is 1. The normalized spacial score (nSPS) is 34.9. The maximum Gasteiger partial charge on any atom is 0.0736 e. The largest absolute Gasteiger partial charge is 0.389 e. The van der Waals surface area contributed by atoms with Gasteiger partial charge in [0.2, 0.25) is 0 Å². The first kappa shape index (κ1) is 11.2. The third-order valence-electron chi connectivity index (χ3n) is 4.63. The van der Waals surface area contributed by atoms with E-state index in [2.05, 4.69) is 24.9 Å². The second-order valence-corrected chi connectivity index (χ2v) is 6.58. The number of hydrogen-bond donors (Lipinski definition) is 1. The monoisotopic (exact) mass is 231 g/mol.